The second-order valence-corrected chi connectivity index (χ2v) is 4.86. The SMILES string of the molecule is C[C@H](N)c1ccc(SC2COC2)cn1. The Morgan fingerprint density at radius 1 is 1.57 bits per heavy atom. The number of ether oxygens (including phenoxy) is 1. The summed E-state index contributed by atoms with van der Waals surface area (Å²) in [5.74, 6) is 0. The smallest absolute Gasteiger partial charge is 0.0611 e. The first-order valence-electron chi connectivity index (χ1n) is 4.71. The normalized spacial score (nSPS) is 19.0. The molecule has 2 N–H and O–H groups in total. The van der Waals surface area contributed by atoms with Gasteiger partial charge < -0.3 is 10.5 Å². The van der Waals surface area contributed by atoms with E-state index in [4.69, 9.17) is 10.5 Å². The van der Waals surface area contributed by atoms with E-state index in [9.17, 15) is 0 Å². The molecule has 0 aliphatic carbocycles. The molecule has 3 nitrogen and oxygen atoms in total. The Labute approximate surface area is 88.0 Å². The highest BCUT2D eigenvalue weighted by molar-refractivity contribution is 8.00. The first-order chi connectivity index (χ1) is 6.75. The number of aromatic nitrogens is 1. The second-order valence-electron chi connectivity index (χ2n) is 3.48. The average molecular weight is 210 g/mol. The zero-order valence-corrected chi connectivity index (χ0v) is 8.96. The summed E-state index contributed by atoms with van der Waals surface area (Å²) in [6.07, 6.45) is 1.89. The Balaban J connectivity index is 1.98. The lowest BCUT2D eigenvalue weighted by molar-refractivity contribution is 0.0455. The van der Waals surface area contributed by atoms with Gasteiger partial charge in [-0.3, -0.25) is 4.98 Å². The third kappa shape index (κ3) is 2.26. The van der Waals surface area contributed by atoms with Crippen molar-refractivity contribution in [2.75, 3.05) is 13.2 Å². The van der Waals surface area contributed by atoms with E-state index in [0.717, 1.165) is 18.9 Å². The molecule has 1 saturated heterocycles. The fourth-order valence-electron chi connectivity index (χ4n) is 1.21. The van der Waals surface area contributed by atoms with E-state index in [1.807, 2.05) is 30.9 Å². The number of nitrogens with two attached hydrogens (primary N) is 1. The van der Waals surface area contributed by atoms with Crippen molar-refractivity contribution in [3.8, 4) is 0 Å². The Bertz CT molecular complexity index is 295. The molecule has 0 aromatic carbocycles. The molecule has 1 aliphatic heterocycles. The summed E-state index contributed by atoms with van der Waals surface area (Å²) in [5.41, 5.74) is 6.66. The molecule has 4 heteroatoms. The molecule has 1 aliphatic rings. The van der Waals surface area contributed by atoms with Gasteiger partial charge in [-0.15, -0.1) is 11.8 Å². The van der Waals surface area contributed by atoms with Crippen LogP contribution in [0.4, 0.5) is 0 Å². The van der Waals surface area contributed by atoms with Gasteiger partial charge in [-0.25, -0.2) is 0 Å². The summed E-state index contributed by atoms with van der Waals surface area (Å²) in [6.45, 7) is 3.66. The Morgan fingerprint density at radius 3 is 2.79 bits per heavy atom. The maximum Gasteiger partial charge on any atom is 0.0611 e. The Hall–Kier alpha value is -0.580. The predicted octanol–water partition coefficient (Wildman–Crippen LogP) is 1.59. The molecule has 0 amide bonds. The van der Waals surface area contributed by atoms with Gasteiger partial charge in [0.25, 0.3) is 0 Å². The van der Waals surface area contributed by atoms with Gasteiger partial charge in [0.2, 0.25) is 0 Å². The van der Waals surface area contributed by atoms with Crippen molar-refractivity contribution < 1.29 is 4.74 Å². The van der Waals surface area contributed by atoms with Crippen molar-refractivity contribution in [2.45, 2.75) is 23.1 Å². The predicted molar refractivity (Wildman–Crippen MR) is 57.3 cm³/mol. The fourth-order valence-corrected chi connectivity index (χ4v) is 2.18. The highest BCUT2D eigenvalue weighted by Gasteiger charge is 2.19. The van der Waals surface area contributed by atoms with E-state index >= 15 is 0 Å². The Kier molecular flexibility index (Phi) is 3.05. The van der Waals surface area contributed by atoms with Gasteiger partial charge in [0.1, 0.15) is 0 Å². The molecule has 0 unspecified atom stereocenters. The summed E-state index contributed by atoms with van der Waals surface area (Å²) in [4.78, 5) is 5.50. The van der Waals surface area contributed by atoms with Crippen LogP contribution in [0, 0.1) is 0 Å². The van der Waals surface area contributed by atoms with Gasteiger partial charge >= 0.3 is 0 Å². The van der Waals surface area contributed by atoms with Crippen molar-refractivity contribution in [1.82, 2.24) is 4.98 Å². The van der Waals surface area contributed by atoms with E-state index in [1.54, 1.807) is 0 Å². The summed E-state index contributed by atoms with van der Waals surface area (Å²) in [5, 5.41) is 0.609. The number of hydrogen-bond acceptors (Lipinski definition) is 4. The van der Waals surface area contributed by atoms with Gasteiger partial charge in [0.15, 0.2) is 0 Å². The van der Waals surface area contributed by atoms with Crippen molar-refractivity contribution in [3.05, 3.63) is 24.0 Å². The summed E-state index contributed by atoms with van der Waals surface area (Å²) in [7, 11) is 0. The van der Waals surface area contributed by atoms with Crippen molar-refractivity contribution in [2.24, 2.45) is 5.73 Å². The fraction of sp³-hybridized carbons (Fsp3) is 0.500. The minimum Gasteiger partial charge on any atom is -0.379 e. The first-order valence-corrected chi connectivity index (χ1v) is 5.59. The van der Waals surface area contributed by atoms with E-state index in [0.29, 0.717) is 5.25 Å². The molecule has 0 radical (unpaired) electrons. The molecule has 2 rings (SSSR count). The molecule has 76 valence electrons. The van der Waals surface area contributed by atoms with Crippen molar-refractivity contribution in [1.29, 1.82) is 0 Å². The monoisotopic (exact) mass is 210 g/mol. The van der Waals surface area contributed by atoms with E-state index < -0.39 is 0 Å². The molecule has 14 heavy (non-hydrogen) atoms. The van der Waals surface area contributed by atoms with Crippen LogP contribution in [0.15, 0.2) is 23.2 Å². The Morgan fingerprint density at radius 2 is 2.36 bits per heavy atom. The molecule has 1 aromatic heterocycles. The average Bonchev–Trinajstić information content (AvgIpc) is 2.12. The van der Waals surface area contributed by atoms with Crippen LogP contribution in [0.25, 0.3) is 0 Å². The number of hydrogen-bond donors (Lipinski definition) is 1. The van der Waals surface area contributed by atoms with Crippen LogP contribution in [-0.4, -0.2) is 23.4 Å². The summed E-state index contributed by atoms with van der Waals surface area (Å²) >= 11 is 1.82. The molecular weight excluding hydrogens is 196 g/mol. The van der Waals surface area contributed by atoms with Crippen LogP contribution in [0.5, 0.6) is 0 Å². The molecular formula is C10H14N2OS. The molecule has 1 fully saturated rings. The van der Waals surface area contributed by atoms with Gasteiger partial charge in [-0.2, -0.15) is 0 Å². The topological polar surface area (TPSA) is 48.1 Å². The summed E-state index contributed by atoms with van der Waals surface area (Å²) < 4.78 is 5.11. The third-order valence-corrected chi connectivity index (χ3v) is 3.26. The van der Waals surface area contributed by atoms with Crippen molar-refractivity contribution in [3.63, 3.8) is 0 Å². The summed E-state index contributed by atoms with van der Waals surface area (Å²) in [6, 6.07) is 4.09. The highest BCUT2D eigenvalue weighted by atomic mass is 32.2. The van der Waals surface area contributed by atoms with Gasteiger partial charge in [-0.05, 0) is 19.1 Å². The third-order valence-electron chi connectivity index (χ3n) is 2.14. The van der Waals surface area contributed by atoms with E-state index in [2.05, 4.69) is 11.1 Å². The molecule has 2 heterocycles. The lowest BCUT2D eigenvalue weighted by Gasteiger charge is -2.25. The maximum atomic E-state index is 5.71. The van der Waals surface area contributed by atoms with Crippen LogP contribution in [0.1, 0.15) is 18.7 Å². The number of thioether (sulfide) groups is 1. The molecule has 1 atom stereocenters. The van der Waals surface area contributed by atoms with Gasteiger partial charge in [0.05, 0.1) is 24.2 Å². The largest absolute Gasteiger partial charge is 0.379 e. The molecule has 0 saturated carbocycles. The minimum absolute atomic E-state index is 0.0149. The second kappa shape index (κ2) is 4.29. The number of nitrogens with zero attached hydrogens (tertiary/aromatic N) is 1. The quantitative estimate of drug-likeness (QED) is 0.823. The molecule has 0 bridgehead atoms. The van der Waals surface area contributed by atoms with Crippen LogP contribution < -0.4 is 5.73 Å². The van der Waals surface area contributed by atoms with Crippen LogP contribution >= 0.6 is 11.8 Å². The number of pyridine rings is 1. The van der Waals surface area contributed by atoms with Gasteiger partial charge in [-0.1, -0.05) is 0 Å². The number of rotatable bonds is 3. The van der Waals surface area contributed by atoms with Crippen molar-refractivity contribution >= 4 is 11.8 Å². The van der Waals surface area contributed by atoms with Gasteiger partial charge in [0, 0.05) is 17.1 Å². The minimum atomic E-state index is 0.0149. The van der Waals surface area contributed by atoms with E-state index in [1.165, 1.54) is 4.90 Å². The lowest BCUT2D eigenvalue weighted by atomic mass is 10.2. The zero-order chi connectivity index (χ0) is 9.97. The lowest BCUT2D eigenvalue weighted by Crippen LogP contribution is -2.30. The highest BCUT2D eigenvalue weighted by Crippen LogP contribution is 2.27. The zero-order valence-electron chi connectivity index (χ0n) is 8.14. The standard InChI is InChI=1S/C10H14N2OS/c1-7(11)10-3-2-8(4-12-10)14-9-5-13-6-9/h2-4,7,9H,5-6,11H2,1H3/t7-/m0/s1. The maximum absolute atomic E-state index is 5.71. The molecule has 1 aromatic rings. The van der Waals surface area contributed by atoms with E-state index in [-0.39, 0.29) is 6.04 Å². The van der Waals surface area contributed by atoms with Crippen LogP contribution in [0.2, 0.25) is 0 Å². The van der Waals surface area contributed by atoms with Crippen LogP contribution in [0.3, 0.4) is 0 Å². The molecule has 0 spiro atoms. The first kappa shape index (κ1) is 9.96. The van der Waals surface area contributed by atoms with Crippen LogP contribution in [-0.2, 0) is 4.74 Å².